The van der Waals surface area contributed by atoms with E-state index in [9.17, 15) is 9.18 Å². The number of benzene rings is 1. The number of guanidine groups is 1. The second kappa shape index (κ2) is 6.56. The lowest BCUT2D eigenvalue weighted by atomic mass is 10.0. The molecule has 1 unspecified atom stereocenters. The topological polar surface area (TPSA) is 53.9 Å². The van der Waals surface area contributed by atoms with E-state index in [-0.39, 0.29) is 17.9 Å². The van der Waals surface area contributed by atoms with Crippen molar-refractivity contribution in [3.63, 3.8) is 0 Å². The molecule has 0 aromatic heterocycles. The number of amides is 1. The maximum Gasteiger partial charge on any atom is 0.414 e. The van der Waals surface area contributed by atoms with E-state index in [1.54, 1.807) is 39.0 Å². The Kier molecular flexibility index (Phi) is 4.92. The number of hydrogen-bond donors (Lipinski definition) is 1. The Morgan fingerprint density at radius 2 is 2.04 bits per heavy atom. The summed E-state index contributed by atoms with van der Waals surface area (Å²) >= 11 is 0. The van der Waals surface area contributed by atoms with Crippen LogP contribution in [0.25, 0.3) is 0 Å². The van der Waals surface area contributed by atoms with Gasteiger partial charge in [-0.05, 0) is 40.7 Å². The standard InChI is InChI=1S/C17H24FN3O2/c1-11(2)21-14(12-8-6-7-9-13(12)18)10-19-15(21)20-16(22)23-17(3,4)5/h6-9,11,14H,10H2,1-5H3,(H,19,20,22). The van der Waals surface area contributed by atoms with Crippen molar-refractivity contribution >= 4 is 12.1 Å². The van der Waals surface area contributed by atoms with Crippen molar-refractivity contribution in [3.8, 4) is 0 Å². The lowest BCUT2D eigenvalue weighted by Crippen LogP contribution is -2.47. The van der Waals surface area contributed by atoms with Crippen LogP contribution in [-0.2, 0) is 4.74 Å². The Morgan fingerprint density at radius 3 is 2.61 bits per heavy atom. The molecule has 1 amide bonds. The molecular weight excluding hydrogens is 297 g/mol. The highest BCUT2D eigenvalue weighted by molar-refractivity contribution is 5.95. The van der Waals surface area contributed by atoms with Crippen molar-refractivity contribution in [2.45, 2.75) is 52.3 Å². The fourth-order valence-electron chi connectivity index (χ4n) is 2.59. The van der Waals surface area contributed by atoms with Gasteiger partial charge in [0.25, 0.3) is 0 Å². The molecule has 23 heavy (non-hydrogen) atoms. The summed E-state index contributed by atoms with van der Waals surface area (Å²) in [6, 6.07) is 6.47. The fourth-order valence-corrected chi connectivity index (χ4v) is 2.59. The van der Waals surface area contributed by atoms with E-state index in [1.165, 1.54) is 6.07 Å². The Labute approximate surface area is 136 Å². The van der Waals surface area contributed by atoms with E-state index in [0.29, 0.717) is 18.1 Å². The van der Waals surface area contributed by atoms with E-state index >= 15 is 0 Å². The van der Waals surface area contributed by atoms with Gasteiger partial charge in [0.2, 0.25) is 5.96 Å². The maximum atomic E-state index is 14.1. The molecule has 1 aliphatic heterocycles. The second-order valence-corrected chi connectivity index (χ2v) is 6.83. The summed E-state index contributed by atoms with van der Waals surface area (Å²) in [6.45, 7) is 9.74. The van der Waals surface area contributed by atoms with E-state index in [2.05, 4.69) is 10.3 Å². The zero-order valence-corrected chi connectivity index (χ0v) is 14.3. The first-order valence-electron chi connectivity index (χ1n) is 7.76. The van der Waals surface area contributed by atoms with Crippen LogP contribution in [0, 0.1) is 5.82 Å². The van der Waals surface area contributed by atoms with Gasteiger partial charge < -0.3 is 9.64 Å². The first-order valence-corrected chi connectivity index (χ1v) is 7.76. The molecule has 0 fully saturated rings. The zero-order valence-electron chi connectivity index (χ0n) is 14.3. The summed E-state index contributed by atoms with van der Waals surface area (Å²) in [5.41, 5.74) is -0.0115. The minimum absolute atomic E-state index is 0.0517. The average Bonchev–Trinajstić information content (AvgIpc) is 2.80. The van der Waals surface area contributed by atoms with Gasteiger partial charge in [-0.1, -0.05) is 18.2 Å². The fraction of sp³-hybridized carbons (Fsp3) is 0.529. The number of hydrogen-bond acceptors (Lipinski definition) is 4. The molecule has 6 heteroatoms. The molecule has 1 N–H and O–H groups in total. The average molecular weight is 321 g/mol. The number of carbonyl (C=O) groups excluding carboxylic acids is 1. The minimum Gasteiger partial charge on any atom is -0.444 e. The third-order valence-electron chi connectivity index (χ3n) is 3.43. The summed E-state index contributed by atoms with van der Waals surface area (Å²) in [5.74, 6) is 0.152. The Hall–Kier alpha value is -2.11. The molecule has 0 radical (unpaired) electrons. The third-order valence-corrected chi connectivity index (χ3v) is 3.43. The van der Waals surface area contributed by atoms with Crippen LogP contribution in [0.1, 0.15) is 46.2 Å². The SMILES string of the molecule is CC(C)N1C(NC(=O)OC(C)(C)C)=NCC1c1ccccc1F. The predicted molar refractivity (Wildman–Crippen MR) is 87.8 cm³/mol. The van der Waals surface area contributed by atoms with Crippen LogP contribution < -0.4 is 5.32 Å². The van der Waals surface area contributed by atoms with Gasteiger partial charge >= 0.3 is 6.09 Å². The predicted octanol–water partition coefficient (Wildman–Crippen LogP) is 3.47. The minimum atomic E-state index is -0.586. The molecular formula is C17H24FN3O2. The van der Waals surface area contributed by atoms with Crippen LogP contribution in [0.3, 0.4) is 0 Å². The summed E-state index contributed by atoms with van der Waals surface area (Å²) in [7, 11) is 0. The molecule has 1 aliphatic rings. The smallest absolute Gasteiger partial charge is 0.414 e. The highest BCUT2D eigenvalue weighted by atomic mass is 19.1. The highest BCUT2D eigenvalue weighted by Gasteiger charge is 2.34. The number of ether oxygens (including phenoxy) is 1. The van der Waals surface area contributed by atoms with Crippen LogP contribution in [-0.4, -0.2) is 35.1 Å². The van der Waals surface area contributed by atoms with Crippen molar-refractivity contribution in [1.29, 1.82) is 0 Å². The highest BCUT2D eigenvalue weighted by Crippen LogP contribution is 2.29. The van der Waals surface area contributed by atoms with Gasteiger partial charge in [-0.2, -0.15) is 0 Å². The van der Waals surface area contributed by atoms with Crippen LogP contribution >= 0.6 is 0 Å². The molecule has 1 atom stereocenters. The van der Waals surface area contributed by atoms with Crippen molar-refractivity contribution in [1.82, 2.24) is 10.2 Å². The van der Waals surface area contributed by atoms with E-state index in [4.69, 9.17) is 4.74 Å². The molecule has 0 aliphatic carbocycles. The first-order chi connectivity index (χ1) is 10.7. The number of aliphatic imine (C=N–C) groups is 1. The quantitative estimate of drug-likeness (QED) is 0.907. The van der Waals surface area contributed by atoms with Gasteiger partial charge in [-0.25, -0.2) is 9.18 Å². The lowest BCUT2D eigenvalue weighted by molar-refractivity contribution is 0.0555. The molecule has 5 nitrogen and oxygen atoms in total. The Bertz CT molecular complexity index is 608. The van der Waals surface area contributed by atoms with Gasteiger partial charge in [0.05, 0.1) is 12.6 Å². The molecule has 2 rings (SSSR count). The summed E-state index contributed by atoms with van der Waals surface area (Å²) in [4.78, 5) is 18.3. The first kappa shape index (κ1) is 17.2. The van der Waals surface area contributed by atoms with Gasteiger partial charge in [0.1, 0.15) is 11.4 Å². The molecule has 1 heterocycles. The Balaban J connectivity index is 2.17. The monoisotopic (exact) mass is 321 g/mol. The van der Waals surface area contributed by atoms with Crippen LogP contribution in [0.2, 0.25) is 0 Å². The van der Waals surface area contributed by atoms with E-state index < -0.39 is 11.7 Å². The van der Waals surface area contributed by atoms with Crippen molar-refractivity contribution in [2.24, 2.45) is 4.99 Å². The lowest BCUT2D eigenvalue weighted by Gasteiger charge is -2.32. The van der Waals surface area contributed by atoms with Gasteiger partial charge in [0.15, 0.2) is 0 Å². The molecule has 0 saturated carbocycles. The summed E-state index contributed by atoms with van der Waals surface area (Å²) in [5, 5.41) is 2.68. The van der Waals surface area contributed by atoms with E-state index in [0.717, 1.165) is 0 Å². The van der Waals surface area contributed by atoms with Crippen molar-refractivity contribution in [3.05, 3.63) is 35.6 Å². The maximum absolute atomic E-state index is 14.1. The number of halogens is 1. The van der Waals surface area contributed by atoms with Gasteiger partial charge in [0, 0.05) is 11.6 Å². The van der Waals surface area contributed by atoms with Crippen LogP contribution in [0.5, 0.6) is 0 Å². The molecule has 126 valence electrons. The normalized spacial score (nSPS) is 18.1. The molecule has 1 aromatic carbocycles. The number of alkyl carbamates (subject to hydrolysis) is 1. The number of nitrogens with zero attached hydrogens (tertiary/aromatic N) is 2. The number of nitrogens with one attached hydrogen (secondary N) is 1. The second-order valence-electron chi connectivity index (χ2n) is 6.83. The summed E-state index contributed by atoms with van der Waals surface area (Å²) in [6.07, 6.45) is -0.559. The third kappa shape index (κ3) is 4.21. The van der Waals surface area contributed by atoms with Crippen LogP contribution in [0.15, 0.2) is 29.3 Å². The number of rotatable bonds is 2. The zero-order chi connectivity index (χ0) is 17.2. The van der Waals surface area contributed by atoms with Crippen molar-refractivity contribution < 1.29 is 13.9 Å². The van der Waals surface area contributed by atoms with Gasteiger partial charge in [-0.15, -0.1) is 0 Å². The molecule has 1 aromatic rings. The Morgan fingerprint density at radius 1 is 1.39 bits per heavy atom. The largest absolute Gasteiger partial charge is 0.444 e. The molecule has 0 spiro atoms. The van der Waals surface area contributed by atoms with E-state index in [1.807, 2.05) is 18.7 Å². The molecule has 0 bridgehead atoms. The van der Waals surface area contributed by atoms with Crippen LogP contribution in [0.4, 0.5) is 9.18 Å². The number of carbonyl (C=O) groups is 1. The van der Waals surface area contributed by atoms with Gasteiger partial charge in [-0.3, -0.25) is 10.3 Å². The van der Waals surface area contributed by atoms with Crippen molar-refractivity contribution in [2.75, 3.05) is 6.54 Å². The summed E-state index contributed by atoms with van der Waals surface area (Å²) < 4.78 is 19.4. The molecule has 0 saturated heterocycles.